The summed E-state index contributed by atoms with van der Waals surface area (Å²) in [4.78, 5) is 22.5. The molecule has 0 aromatic heterocycles. The van der Waals surface area contributed by atoms with Gasteiger partial charge in [0, 0.05) is 11.5 Å². The van der Waals surface area contributed by atoms with E-state index in [0.717, 1.165) is 12.8 Å². The van der Waals surface area contributed by atoms with Crippen molar-refractivity contribution < 1.29 is 29.3 Å². The highest BCUT2D eigenvalue weighted by Crippen LogP contribution is 2.47. The second-order valence-electron chi connectivity index (χ2n) is 7.01. The van der Waals surface area contributed by atoms with Crippen molar-refractivity contribution in [2.24, 2.45) is 0 Å². The predicted octanol–water partition coefficient (Wildman–Crippen LogP) is 3.95. The van der Waals surface area contributed by atoms with E-state index in [9.17, 15) is 14.7 Å². The number of carbonyl (C=O) groups is 2. The van der Waals surface area contributed by atoms with Gasteiger partial charge in [-0.3, -0.25) is 9.59 Å². The molecule has 0 saturated heterocycles. The zero-order valence-corrected chi connectivity index (χ0v) is 16.0. The minimum atomic E-state index is -0.877. The topological polar surface area (TPSA) is 93.1 Å². The predicted molar refractivity (Wildman–Crippen MR) is 103 cm³/mol. The molecule has 0 amide bonds. The summed E-state index contributed by atoms with van der Waals surface area (Å²) in [6, 6.07) is 10.2. The highest BCUT2D eigenvalue weighted by atomic mass is 16.5. The molecule has 0 spiro atoms. The average Bonchev–Trinajstić information content (AvgIpc) is 2.99. The second-order valence-corrected chi connectivity index (χ2v) is 7.01. The molecular weight excluding hydrogens is 360 g/mol. The summed E-state index contributed by atoms with van der Waals surface area (Å²) in [5, 5.41) is 19.4. The van der Waals surface area contributed by atoms with Gasteiger partial charge in [0.25, 0.3) is 0 Å². The molecule has 2 aromatic carbocycles. The first-order valence-electron chi connectivity index (χ1n) is 9.37. The Balaban J connectivity index is 1.74. The molecule has 148 valence electrons. The van der Waals surface area contributed by atoms with Gasteiger partial charge in [-0.05, 0) is 43.2 Å². The van der Waals surface area contributed by atoms with E-state index in [1.54, 1.807) is 36.4 Å². The molecule has 2 atom stereocenters. The summed E-state index contributed by atoms with van der Waals surface area (Å²) in [5.41, 5.74) is 1.69. The second kappa shape index (κ2) is 8.33. The Morgan fingerprint density at radius 3 is 2.46 bits per heavy atom. The van der Waals surface area contributed by atoms with Gasteiger partial charge < -0.3 is 19.7 Å². The summed E-state index contributed by atoms with van der Waals surface area (Å²) < 4.78 is 11.9. The first-order chi connectivity index (χ1) is 13.4. The number of ketones is 1. The van der Waals surface area contributed by atoms with Gasteiger partial charge >= 0.3 is 5.97 Å². The van der Waals surface area contributed by atoms with Gasteiger partial charge in [0.05, 0.1) is 12.0 Å². The zero-order valence-electron chi connectivity index (χ0n) is 16.0. The van der Waals surface area contributed by atoms with Crippen LogP contribution in [0.15, 0.2) is 36.4 Å². The lowest BCUT2D eigenvalue weighted by Crippen LogP contribution is -2.26. The van der Waals surface area contributed by atoms with Gasteiger partial charge in [-0.15, -0.1) is 0 Å². The number of ether oxygens (including phenoxy) is 2. The Morgan fingerprint density at radius 1 is 1.14 bits per heavy atom. The molecule has 2 unspecified atom stereocenters. The van der Waals surface area contributed by atoms with Crippen LogP contribution in [-0.2, 0) is 11.2 Å². The quantitative estimate of drug-likeness (QED) is 0.670. The number of phenolic OH excluding ortho intramolecular Hbond substituents is 1. The molecule has 1 heterocycles. The number of carboxylic acids is 1. The van der Waals surface area contributed by atoms with Crippen molar-refractivity contribution in [2.45, 2.75) is 45.1 Å². The summed E-state index contributed by atoms with van der Waals surface area (Å²) in [6.07, 6.45) is 1.39. The smallest absolute Gasteiger partial charge is 0.307 e. The molecule has 6 heteroatoms. The number of rotatable bonds is 8. The van der Waals surface area contributed by atoms with Crippen molar-refractivity contribution in [3.63, 3.8) is 0 Å². The maximum Gasteiger partial charge on any atom is 0.307 e. The van der Waals surface area contributed by atoms with E-state index in [1.807, 2.05) is 0 Å². The number of phenols is 1. The third kappa shape index (κ3) is 4.11. The number of carboxylic acid groups (broad SMARTS) is 1. The highest BCUT2D eigenvalue weighted by Gasteiger charge is 2.37. The number of fused-ring (bicyclic) bond motifs is 1. The molecule has 1 aliphatic rings. The van der Waals surface area contributed by atoms with E-state index in [-0.39, 0.29) is 36.6 Å². The van der Waals surface area contributed by atoms with Crippen LogP contribution < -0.4 is 9.47 Å². The van der Waals surface area contributed by atoms with Gasteiger partial charge in [0.1, 0.15) is 30.0 Å². The maximum atomic E-state index is 11.8. The van der Waals surface area contributed by atoms with Crippen LogP contribution in [0.25, 0.3) is 0 Å². The van der Waals surface area contributed by atoms with Crippen molar-refractivity contribution in [3.05, 3.63) is 53.1 Å². The lowest BCUT2D eigenvalue weighted by atomic mass is 9.89. The number of hydrogen-bond acceptors (Lipinski definition) is 5. The van der Waals surface area contributed by atoms with Gasteiger partial charge in [-0.1, -0.05) is 25.5 Å². The Bertz CT molecular complexity index is 871. The van der Waals surface area contributed by atoms with Crippen LogP contribution in [0, 0.1) is 0 Å². The molecule has 0 saturated carbocycles. The number of hydrogen-bond donors (Lipinski definition) is 2. The fourth-order valence-electron chi connectivity index (χ4n) is 3.61. The standard InChI is InChI=1S/C22H24O6/c1-3-4-17-19(12-27-15-7-5-14(6-8-15)11-20(24)25)28-18-10-9-16(13(2)23)22(26)21(17)18/h5-10,17,19,26H,3-4,11-12H2,1-2H3,(H,24,25). The van der Waals surface area contributed by atoms with E-state index in [0.29, 0.717) is 28.2 Å². The average molecular weight is 384 g/mol. The van der Waals surface area contributed by atoms with Crippen molar-refractivity contribution in [2.75, 3.05) is 6.61 Å². The Hall–Kier alpha value is -3.02. The van der Waals surface area contributed by atoms with Crippen LogP contribution in [0.2, 0.25) is 0 Å². The van der Waals surface area contributed by atoms with Crippen LogP contribution in [0.5, 0.6) is 17.2 Å². The zero-order chi connectivity index (χ0) is 20.3. The van der Waals surface area contributed by atoms with Crippen LogP contribution in [0.4, 0.5) is 0 Å². The van der Waals surface area contributed by atoms with Crippen molar-refractivity contribution in [3.8, 4) is 17.2 Å². The molecular formula is C22H24O6. The van der Waals surface area contributed by atoms with E-state index in [2.05, 4.69) is 6.92 Å². The lowest BCUT2D eigenvalue weighted by Gasteiger charge is -2.19. The summed E-state index contributed by atoms with van der Waals surface area (Å²) in [5.74, 6) is 0.0909. The van der Waals surface area contributed by atoms with Gasteiger partial charge in [0.2, 0.25) is 0 Å². The fraction of sp³-hybridized carbons (Fsp3) is 0.364. The molecule has 0 bridgehead atoms. The van der Waals surface area contributed by atoms with E-state index in [1.165, 1.54) is 6.92 Å². The number of aromatic hydroxyl groups is 1. The molecule has 0 radical (unpaired) electrons. The third-order valence-corrected chi connectivity index (χ3v) is 4.95. The third-order valence-electron chi connectivity index (χ3n) is 4.95. The lowest BCUT2D eigenvalue weighted by molar-refractivity contribution is -0.136. The summed E-state index contributed by atoms with van der Waals surface area (Å²) >= 11 is 0. The SMILES string of the molecule is CCCC1c2c(ccc(C(C)=O)c2O)OC1COc1ccc(CC(=O)O)cc1. The minimum Gasteiger partial charge on any atom is -0.507 e. The van der Waals surface area contributed by atoms with Crippen molar-refractivity contribution in [1.82, 2.24) is 0 Å². The van der Waals surface area contributed by atoms with E-state index in [4.69, 9.17) is 14.6 Å². The molecule has 0 aliphatic carbocycles. The van der Waals surface area contributed by atoms with Gasteiger partial charge in [0.15, 0.2) is 5.78 Å². The van der Waals surface area contributed by atoms with E-state index < -0.39 is 5.97 Å². The monoisotopic (exact) mass is 384 g/mol. The number of benzene rings is 2. The normalized spacial score (nSPS) is 17.6. The summed E-state index contributed by atoms with van der Waals surface area (Å²) in [7, 11) is 0. The van der Waals surface area contributed by atoms with Crippen LogP contribution in [0.3, 0.4) is 0 Å². The molecule has 2 N–H and O–H groups in total. The van der Waals surface area contributed by atoms with Gasteiger partial charge in [-0.25, -0.2) is 0 Å². The fourth-order valence-corrected chi connectivity index (χ4v) is 3.61. The number of carbonyl (C=O) groups excluding carboxylic acids is 1. The Morgan fingerprint density at radius 2 is 1.86 bits per heavy atom. The molecule has 1 aliphatic heterocycles. The van der Waals surface area contributed by atoms with Crippen molar-refractivity contribution in [1.29, 1.82) is 0 Å². The van der Waals surface area contributed by atoms with Crippen molar-refractivity contribution >= 4 is 11.8 Å². The van der Waals surface area contributed by atoms with Gasteiger partial charge in [-0.2, -0.15) is 0 Å². The highest BCUT2D eigenvalue weighted by molar-refractivity contribution is 5.97. The van der Waals surface area contributed by atoms with Crippen LogP contribution in [-0.4, -0.2) is 34.7 Å². The van der Waals surface area contributed by atoms with Crippen LogP contribution >= 0.6 is 0 Å². The molecule has 2 aromatic rings. The largest absolute Gasteiger partial charge is 0.507 e. The summed E-state index contributed by atoms with van der Waals surface area (Å²) in [6.45, 7) is 3.77. The first kappa shape index (κ1) is 19.7. The molecule has 0 fully saturated rings. The number of Topliss-reactive ketones (excluding diaryl/α,β-unsaturated/α-hetero) is 1. The maximum absolute atomic E-state index is 11.8. The van der Waals surface area contributed by atoms with E-state index >= 15 is 0 Å². The minimum absolute atomic E-state index is 0.00368. The Labute approximate surface area is 163 Å². The molecule has 3 rings (SSSR count). The Kier molecular flexibility index (Phi) is 5.87. The number of aliphatic carboxylic acids is 1. The first-order valence-corrected chi connectivity index (χ1v) is 9.37. The molecule has 6 nitrogen and oxygen atoms in total. The molecule has 28 heavy (non-hydrogen) atoms. The van der Waals surface area contributed by atoms with Crippen LogP contribution in [0.1, 0.15) is 54.1 Å².